The van der Waals surface area contributed by atoms with Gasteiger partial charge in [0, 0.05) is 4.88 Å². The lowest BCUT2D eigenvalue weighted by atomic mass is 10.0. The van der Waals surface area contributed by atoms with Crippen molar-refractivity contribution in [3.63, 3.8) is 0 Å². The Morgan fingerprint density at radius 3 is 2.57 bits per heavy atom. The summed E-state index contributed by atoms with van der Waals surface area (Å²) < 4.78 is 5.35. The van der Waals surface area contributed by atoms with Crippen molar-refractivity contribution in [1.82, 2.24) is 10.3 Å². The molecule has 0 saturated carbocycles. The minimum absolute atomic E-state index is 0.156. The molecule has 3 nitrogen and oxygen atoms in total. The molecule has 1 atom stereocenters. The lowest BCUT2D eigenvalue weighted by Gasteiger charge is -2.17. The van der Waals surface area contributed by atoms with E-state index in [2.05, 4.69) is 45.1 Å². The van der Waals surface area contributed by atoms with Crippen LogP contribution in [0.3, 0.4) is 0 Å². The van der Waals surface area contributed by atoms with Gasteiger partial charge < -0.3 is 10.1 Å². The minimum Gasteiger partial charge on any atom is -0.496 e. The first-order chi connectivity index (χ1) is 10.1. The monoisotopic (exact) mass is 304 g/mol. The Morgan fingerprint density at radius 2 is 2.05 bits per heavy atom. The predicted molar refractivity (Wildman–Crippen MR) is 89.5 cm³/mol. The molecule has 1 aromatic carbocycles. The number of ether oxygens (including phenoxy) is 1. The second-order valence-corrected chi connectivity index (χ2v) is 6.36. The molecule has 0 bridgehead atoms. The molecule has 1 heterocycles. The number of hydrogen-bond acceptors (Lipinski definition) is 4. The third kappa shape index (κ3) is 3.44. The fraction of sp³-hybridized carbons (Fsp3) is 0.471. The van der Waals surface area contributed by atoms with E-state index in [0.29, 0.717) is 0 Å². The smallest absolute Gasteiger partial charge is 0.121 e. The lowest BCUT2D eigenvalue weighted by Crippen LogP contribution is -2.22. The van der Waals surface area contributed by atoms with Gasteiger partial charge in [-0.05, 0) is 44.0 Å². The van der Waals surface area contributed by atoms with Crippen molar-refractivity contribution in [3.05, 3.63) is 44.9 Å². The van der Waals surface area contributed by atoms with E-state index in [0.717, 1.165) is 29.3 Å². The lowest BCUT2D eigenvalue weighted by molar-refractivity contribution is 0.411. The summed E-state index contributed by atoms with van der Waals surface area (Å²) in [4.78, 5) is 6.14. The number of rotatable bonds is 6. The van der Waals surface area contributed by atoms with Crippen LogP contribution in [-0.4, -0.2) is 18.6 Å². The Labute approximate surface area is 131 Å². The number of hydrogen-bond donors (Lipinski definition) is 1. The van der Waals surface area contributed by atoms with Crippen molar-refractivity contribution in [2.24, 2.45) is 0 Å². The predicted octanol–water partition coefficient (Wildman–Crippen LogP) is 4.03. The third-order valence-electron chi connectivity index (χ3n) is 3.65. The molecule has 4 heteroatoms. The zero-order chi connectivity index (χ0) is 15.4. The molecule has 0 amide bonds. The van der Waals surface area contributed by atoms with Crippen molar-refractivity contribution in [1.29, 1.82) is 0 Å². The third-order valence-corrected chi connectivity index (χ3v) is 4.73. The number of methoxy groups -OCH3 is 1. The van der Waals surface area contributed by atoms with Crippen LogP contribution in [0, 0.1) is 13.8 Å². The zero-order valence-electron chi connectivity index (χ0n) is 13.5. The van der Waals surface area contributed by atoms with Gasteiger partial charge in [0.2, 0.25) is 0 Å². The molecule has 1 aromatic heterocycles. The van der Waals surface area contributed by atoms with Crippen molar-refractivity contribution >= 4 is 11.3 Å². The maximum absolute atomic E-state index is 5.35. The van der Waals surface area contributed by atoms with E-state index in [1.165, 1.54) is 16.1 Å². The van der Waals surface area contributed by atoms with Gasteiger partial charge in [0.25, 0.3) is 0 Å². The standard InChI is InChI=1S/C17H24N2OS/c1-6-14-12(4)21-17(19-14)16(18-7-2)13-8-9-15(20-5)11(3)10-13/h8-10,16,18H,6-7H2,1-5H3. The van der Waals surface area contributed by atoms with Crippen LogP contribution in [0.5, 0.6) is 5.75 Å². The second-order valence-electron chi connectivity index (χ2n) is 5.13. The summed E-state index contributed by atoms with van der Waals surface area (Å²) >= 11 is 1.79. The fourth-order valence-electron chi connectivity index (χ4n) is 2.53. The number of aryl methyl sites for hydroxylation is 3. The zero-order valence-corrected chi connectivity index (χ0v) is 14.3. The van der Waals surface area contributed by atoms with Gasteiger partial charge in [-0.3, -0.25) is 0 Å². The van der Waals surface area contributed by atoms with Gasteiger partial charge in [-0.1, -0.05) is 26.0 Å². The highest BCUT2D eigenvalue weighted by Crippen LogP contribution is 2.30. The Morgan fingerprint density at radius 1 is 1.29 bits per heavy atom. The van der Waals surface area contributed by atoms with Crippen LogP contribution in [0.4, 0.5) is 0 Å². The molecule has 114 valence electrons. The first kappa shape index (κ1) is 16.0. The van der Waals surface area contributed by atoms with E-state index in [1.54, 1.807) is 18.4 Å². The average molecular weight is 304 g/mol. The topological polar surface area (TPSA) is 34.1 Å². The van der Waals surface area contributed by atoms with Gasteiger partial charge in [0.15, 0.2) is 0 Å². The first-order valence-electron chi connectivity index (χ1n) is 7.44. The molecular formula is C17H24N2OS. The van der Waals surface area contributed by atoms with Gasteiger partial charge in [-0.25, -0.2) is 4.98 Å². The maximum atomic E-state index is 5.35. The van der Waals surface area contributed by atoms with Gasteiger partial charge in [0.05, 0.1) is 18.8 Å². The van der Waals surface area contributed by atoms with Crippen molar-refractivity contribution in [3.8, 4) is 5.75 Å². The fourth-order valence-corrected chi connectivity index (χ4v) is 3.65. The SMILES string of the molecule is CCNC(c1ccc(OC)c(C)c1)c1nc(CC)c(C)s1. The number of aromatic nitrogens is 1. The molecule has 0 aliphatic carbocycles. The van der Waals surface area contributed by atoms with Crippen molar-refractivity contribution in [2.75, 3.05) is 13.7 Å². The van der Waals surface area contributed by atoms with E-state index in [4.69, 9.17) is 9.72 Å². The van der Waals surface area contributed by atoms with Crippen LogP contribution in [0.25, 0.3) is 0 Å². The molecule has 0 fully saturated rings. The summed E-state index contributed by atoms with van der Waals surface area (Å²) in [5.74, 6) is 0.929. The Hall–Kier alpha value is -1.39. The summed E-state index contributed by atoms with van der Waals surface area (Å²) in [6, 6.07) is 6.51. The largest absolute Gasteiger partial charge is 0.496 e. The highest BCUT2D eigenvalue weighted by molar-refractivity contribution is 7.11. The number of benzene rings is 1. The highest BCUT2D eigenvalue weighted by Gasteiger charge is 2.19. The molecule has 2 rings (SSSR count). The molecule has 0 saturated heterocycles. The molecule has 0 radical (unpaired) electrons. The Bertz CT molecular complexity index is 607. The Balaban J connectivity index is 2.40. The molecule has 0 spiro atoms. The van der Waals surface area contributed by atoms with Crippen molar-refractivity contribution < 1.29 is 4.74 Å². The molecule has 21 heavy (non-hydrogen) atoms. The highest BCUT2D eigenvalue weighted by atomic mass is 32.1. The quantitative estimate of drug-likeness (QED) is 0.875. The summed E-state index contributed by atoms with van der Waals surface area (Å²) in [6.45, 7) is 9.43. The molecule has 0 aliphatic rings. The van der Waals surface area contributed by atoms with Crippen LogP contribution >= 0.6 is 11.3 Å². The molecular weight excluding hydrogens is 280 g/mol. The number of thiazole rings is 1. The maximum Gasteiger partial charge on any atom is 0.121 e. The van der Waals surface area contributed by atoms with Crippen LogP contribution in [-0.2, 0) is 6.42 Å². The van der Waals surface area contributed by atoms with Gasteiger partial charge in [-0.15, -0.1) is 11.3 Å². The molecule has 1 unspecified atom stereocenters. The summed E-state index contributed by atoms with van der Waals surface area (Å²) in [7, 11) is 1.71. The molecule has 0 aliphatic heterocycles. The summed E-state index contributed by atoms with van der Waals surface area (Å²) in [6.07, 6.45) is 0.989. The van der Waals surface area contributed by atoms with Gasteiger partial charge in [0.1, 0.15) is 10.8 Å². The number of nitrogens with zero attached hydrogens (tertiary/aromatic N) is 1. The van der Waals surface area contributed by atoms with E-state index in [-0.39, 0.29) is 6.04 Å². The summed E-state index contributed by atoms with van der Waals surface area (Å²) in [5, 5.41) is 4.70. The van der Waals surface area contributed by atoms with Crippen LogP contribution in [0.15, 0.2) is 18.2 Å². The summed E-state index contributed by atoms with van der Waals surface area (Å²) in [5.41, 5.74) is 3.61. The molecule has 1 N–H and O–H groups in total. The average Bonchev–Trinajstić information content (AvgIpc) is 2.85. The minimum atomic E-state index is 0.156. The van der Waals surface area contributed by atoms with Crippen LogP contribution < -0.4 is 10.1 Å². The molecule has 2 aromatic rings. The van der Waals surface area contributed by atoms with Crippen molar-refractivity contribution in [2.45, 2.75) is 40.2 Å². The Kier molecular flexibility index (Phi) is 5.37. The van der Waals surface area contributed by atoms with Gasteiger partial charge >= 0.3 is 0 Å². The first-order valence-corrected chi connectivity index (χ1v) is 8.26. The van der Waals surface area contributed by atoms with Crippen LogP contribution in [0.1, 0.15) is 46.6 Å². The van der Waals surface area contributed by atoms with Crippen LogP contribution in [0.2, 0.25) is 0 Å². The van der Waals surface area contributed by atoms with E-state index in [1.807, 2.05) is 6.07 Å². The van der Waals surface area contributed by atoms with Gasteiger partial charge in [-0.2, -0.15) is 0 Å². The normalized spacial score (nSPS) is 12.4. The van der Waals surface area contributed by atoms with E-state index in [9.17, 15) is 0 Å². The number of nitrogens with one attached hydrogen (secondary N) is 1. The van der Waals surface area contributed by atoms with E-state index < -0.39 is 0 Å². The second kappa shape index (κ2) is 7.05. The van der Waals surface area contributed by atoms with E-state index >= 15 is 0 Å².